The molecule has 0 radical (unpaired) electrons. The van der Waals surface area contributed by atoms with Crippen molar-refractivity contribution in [1.29, 1.82) is 0 Å². The van der Waals surface area contributed by atoms with E-state index in [0.29, 0.717) is 0 Å². The molecule has 0 bridgehead atoms. The number of aromatic nitrogens is 2. The van der Waals surface area contributed by atoms with Crippen LogP contribution in [0, 0.1) is 0 Å². The maximum Gasteiger partial charge on any atom is 0.167 e. The van der Waals surface area contributed by atoms with Gasteiger partial charge in [0, 0.05) is 12.5 Å². The first-order chi connectivity index (χ1) is 6.18. The smallest absolute Gasteiger partial charge is 0.167 e. The zero-order valence-electron chi connectivity index (χ0n) is 8.98. The van der Waals surface area contributed by atoms with Crippen molar-refractivity contribution in [2.75, 3.05) is 6.26 Å². The van der Waals surface area contributed by atoms with Crippen LogP contribution < -0.4 is 0 Å². The predicted octanol–water partition coefficient (Wildman–Crippen LogP) is 1.18. The second kappa shape index (κ2) is 3.38. The number of nitrogens with zero attached hydrogens (tertiary/aromatic N) is 2. The van der Waals surface area contributed by atoms with E-state index >= 15 is 0 Å². The maximum absolute atomic E-state index is 11.0. The second-order valence-electron chi connectivity index (χ2n) is 4.57. The normalized spacial score (nSPS) is 13.1. The Balaban J connectivity index is 2.90. The molecule has 80 valence electrons. The SMILES string of the molecule is CC(C)(C)c1cnn(CS(C)(=O)=O)c1. The minimum atomic E-state index is -3.01. The van der Waals surface area contributed by atoms with Crippen LogP contribution in [0.3, 0.4) is 0 Å². The minimum Gasteiger partial charge on any atom is -0.257 e. The lowest BCUT2D eigenvalue weighted by Gasteiger charge is -2.14. The second-order valence-corrected chi connectivity index (χ2v) is 6.68. The van der Waals surface area contributed by atoms with Gasteiger partial charge in [-0.25, -0.2) is 8.42 Å². The van der Waals surface area contributed by atoms with Gasteiger partial charge in [-0.1, -0.05) is 20.8 Å². The lowest BCUT2D eigenvalue weighted by atomic mass is 9.90. The van der Waals surface area contributed by atoms with Crippen LogP contribution in [0.1, 0.15) is 26.3 Å². The van der Waals surface area contributed by atoms with E-state index in [1.807, 2.05) is 0 Å². The van der Waals surface area contributed by atoms with Gasteiger partial charge in [-0.05, 0) is 11.0 Å². The zero-order chi connectivity index (χ0) is 11.0. The molecule has 0 saturated heterocycles. The van der Waals surface area contributed by atoms with E-state index < -0.39 is 9.84 Å². The Morgan fingerprint density at radius 2 is 2.00 bits per heavy atom. The van der Waals surface area contributed by atoms with E-state index in [4.69, 9.17) is 0 Å². The van der Waals surface area contributed by atoms with Crippen LogP contribution in [0.15, 0.2) is 12.4 Å². The highest BCUT2D eigenvalue weighted by molar-refractivity contribution is 7.89. The lowest BCUT2D eigenvalue weighted by molar-refractivity contribution is 0.576. The highest BCUT2D eigenvalue weighted by Gasteiger charge is 2.16. The maximum atomic E-state index is 11.0. The van der Waals surface area contributed by atoms with E-state index in [1.54, 1.807) is 12.4 Å². The third-order valence-corrected chi connectivity index (χ3v) is 2.60. The first kappa shape index (κ1) is 11.2. The standard InChI is InChI=1S/C9H16N2O2S/c1-9(2,3)8-5-10-11(6-8)7-14(4,12)13/h5-6H,7H2,1-4H3. The molecule has 1 aromatic rings. The Bertz CT molecular complexity index is 412. The number of hydrogen-bond acceptors (Lipinski definition) is 3. The molecule has 0 aromatic carbocycles. The van der Waals surface area contributed by atoms with Crippen molar-refractivity contribution in [3.8, 4) is 0 Å². The number of rotatable bonds is 2. The van der Waals surface area contributed by atoms with Gasteiger partial charge in [0.1, 0.15) is 5.88 Å². The Labute approximate surface area is 84.9 Å². The summed E-state index contributed by atoms with van der Waals surface area (Å²) in [5.41, 5.74) is 1.05. The molecule has 5 heteroatoms. The minimum absolute atomic E-state index is 0.00968. The number of sulfone groups is 1. The highest BCUT2D eigenvalue weighted by Crippen LogP contribution is 2.20. The Morgan fingerprint density at radius 3 is 2.36 bits per heavy atom. The van der Waals surface area contributed by atoms with Gasteiger partial charge < -0.3 is 0 Å². The molecule has 1 aromatic heterocycles. The molecule has 14 heavy (non-hydrogen) atoms. The molecule has 0 atom stereocenters. The molecule has 1 heterocycles. The summed E-state index contributed by atoms with van der Waals surface area (Å²) in [6, 6.07) is 0. The fourth-order valence-electron chi connectivity index (χ4n) is 1.06. The molecular formula is C9H16N2O2S. The van der Waals surface area contributed by atoms with Gasteiger partial charge in [0.05, 0.1) is 6.20 Å². The summed E-state index contributed by atoms with van der Waals surface area (Å²) in [6.45, 7) is 6.19. The first-order valence-corrected chi connectivity index (χ1v) is 6.45. The van der Waals surface area contributed by atoms with E-state index in [9.17, 15) is 8.42 Å². The van der Waals surface area contributed by atoms with Crippen molar-refractivity contribution >= 4 is 9.84 Å². The van der Waals surface area contributed by atoms with Crippen molar-refractivity contribution in [1.82, 2.24) is 9.78 Å². The largest absolute Gasteiger partial charge is 0.257 e. The summed E-state index contributed by atoms with van der Waals surface area (Å²) in [5, 5.41) is 4.01. The summed E-state index contributed by atoms with van der Waals surface area (Å²) in [4.78, 5) is 0. The van der Waals surface area contributed by atoms with E-state index in [0.717, 1.165) is 5.56 Å². The fourth-order valence-corrected chi connectivity index (χ4v) is 1.68. The van der Waals surface area contributed by atoms with E-state index in [2.05, 4.69) is 25.9 Å². The van der Waals surface area contributed by atoms with Crippen molar-refractivity contribution in [2.45, 2.75) is 32.1 Å². The molecule has 0 N–H and O–H groups in total. The molecule has 1 rings (SSSR count). The average molecular weight is 216 g/mol. The molecule has 0 unspecified atom stereocenters. The third-order valence-electron chi connectivity index (χ3n) is 1.87. The van der Waals surface area contributed by atoms with Gasteiger partial charge in [-0.2, -0.15) is 5.10 Å². The van der Waals surface area contributed by atoms with Gasteiger partial charge in [0.2, 0.25) is 0 Å². The van der Waals surface area contributed by atoms with Crippen molar-refractivity contribution < 1.29 is 8.42 Å². The van der Waals surface area contributed by atoms with Gasteiger partial charge in [-0.15, -0.1) is 0 Å². The van der Waals surface area contributed by atoms with Crippen LogP contribution >= 0.6 is 0 Å². The van der Waals surface area contributed by atoms with E-state index in [-0.39, 0.29) is 11.3 Å². The summed E-state index contributed by atoms with van der Waals surface area (Å²) >= 11 is 0. The molecule has 0 amide bonds. The van der Waals surface area contributed by atoms with Crippen LogP contribution in [0.4, 0.5) is 0 Å². The lowest BCUT2D eigenvalue weighted by Crippen LogP contribution is -2.11. The summed E-state index contributed by atoms with van der Waals surface area (Å²) < 4.78 is 23.5. The summed E-state index contributed by atoms with van der Waals surface area (Å²) in [7, 11) is -3.01. The van der Waals surface area contributed by atoms with Crippen molar-refractivity contribution in [3.05, 3.63) is 18.0 Å². The van der Waals surface area contributed by atoms with Gasteiger partial charge in [-0.3, -0.25) is 4.68 Å². The number of hydrogen-bond donors (Lipinski definition) is 0. The van der Waals surface area contributed by atoms with Crippen LogP contribution in [0.2, 0.25) is 0 Å². The van der Waals surface area contributed by atoms with Gasteiger partial charge in [0.15, 0.2) is 9.84 Å². The van der Waals surface area contributed by atoms with Crippen LogP contribution in [-0.2, 0) is 21.1 Å². The Morgan fingerprint density at radius 1 is 1.43 bits per heavy atom. The topological polar surface area (TPSA) is 52.0 Å². The average Bonchev–Trinajstić information content (AvgIpc) is 2.29. The Kier molecular flexibility index (Phi) is 2.71. The van der Waals surface area contributed by atoms with Gasteiger partial charge in [0.25, 0.3) is 0 Å². The van der Waals surface area contributed by atoms with E-state index in [1.165, 1.54) is 10.9 Å². The predicted molar refractivity (Wildman–Crippen MR) is 55.8 cm³/mol. The molecule has 0 fully saturated rings. The van der Waals surface area contributed by atoms with Gasteiger partial charge >= 0.3 is 0 Å². The molecular weight excluding hydrogens is 200 g/mol. The molecule has 0 saturated carbocycles. The van der Waals surface area contributed by atoms with Crippen molar-refractivity contribution in [2.24, 2.45) is 0 Å². The van der Waals surface area contributed by atoms with Crippen LogP contribution in [-0.4, -0.2) is 24.5 Å². The first-order valence-electron chi connectivity index (χ1n) is 4.39. The quantitative estimate of drug-likeness (QED) is 0.746. The van der Waals surface area contributed by atoms with Crippen molar-refractivity contribution in [3.63, 3.8) is 0 Å². The van der Waals surface area contributed by atoms with Crippen LogP contribution in [0.25, 0.3) is 0 Å². The highest BCUT2D eigenvalue weighted by atomic mass is 32.2. The molecule has 0 spiro atoms. The molecule has 0 aliphatic heterocycles. The summed E-state index contributed by atoms with van der Waals surface area (Å²) in [5.74, 6) is -0.0525. The fraction of sp³-hybridized carbons (Fsp3) is 0.667. The molecule has 0 aliphatic rings. The molecule has 4 nitrogen and oxygen atoms in total. The molecule has 0 aliphatic carbocycles. The summed E-state index contributed by atoms with van der Waals surface area (Å²) in [6.07, 6.45) is 4.69. The monoisotopic (exact) mass is 216 g/mol. The van der Waals surface area contributed by atoms with Crippen LogP contribution in [0.5, 0.6) is 0 Å². The Hall–Kier alpha value is -0.840. The zero-order valence-corrected chi connectivity index (χ0v) is 9.80. The third kappa shape index (κ3) is 3.14.